The van der Waals surface area contributed by atoms with E-state index in [0.717, 1.165) is 22.9 Å². The summed E-state index contributed by atoms with van der Waals surface area (Å²) in [6.07, 6.45) is -1.13. The Morgan fingerprint density at radius 1 is 0.857 bits per heavy atom. The van der Waals surface area contributed by atoms with Gasteiger partial charge in [-0.2, -0.15) is 0 Å². The number of fused-ring (bicyclic) bond motifs is 1. The second-order valence-corrected chi connectivity index (χ2v) is 5.17. The van der Waals surface area contributed by atoms with Crippen molar-refractivity contribution in [2.75, 3.05) is 0 Å². The quantitative estimate of drug-likeness (QED) is 0.671. The first-order chi connectivity index (χ1) is 10.1. The van der Waals surface area contributed by atoms with Crippen molar-refractivity contribution in [2.24, 2.45) is 0 Å². The van der Waals surface area contributed by atoms with Gasteiger partial charge in [0.05, 0.1) is 0 Å². The van der Waals surface area contributed by atoms with Gasteiger partial charge in [-0.3, -0.25) is 0 Å². The van der Waals surface area contributed by atoms with Crippen LogP contribution in [0, 0.1) is 11.6 Å². The van der Waals surface area contributed by atoms with Crippen molar-refractivity contribution < 1.29 is 13.9 Å². The van der Waals surface area contributed by atoms with Gasteiger partial charge in [0.25, 0.3) is 0 Å². The third-order valence-corrected chi connectivity index (χ3v) is 3.78. The van der Waals surface area contributed by atoms with Crippen molar-refractivity contribution in [3.8, 4) is 0 Å². The molecule has 0 saturated carbocycles. The lowest BCUT2D eigenvalue weighted by Gasteiger charge is -2.16. The molecule has 0 saturated heterocycles. The van der Waals surface area contributed by atoms with Crippen LogP contribution < -0.4 is 0 Å². The number of benzene rings is 3. The maximum Gasteiger partial charge on any atom is 0.160 e. The summed E-state index contributed by atoms with van der Waals surface area (Å²) in [5.41, 5.74) is 0.743. The third kappa shape index (κ3) is 2.50. The fraction of sp³-hybridized carbons (Fsp3) is 0.0588. The molecule has 0 amide bonds. The van der Waals surface area contributed by atoms with Crippen LogP contribution in [0.5, 0.6) is 0 Å². The lowest BCUT2D eigenvalue weighted by Crippen LogP contribution is -2.03. The van der Waals surface area contributed by atoms with Gasteiger partial charge >= 0.3 is 0 Å². The van der Waals surface area contributed by atoms with Gasteiger partial charge in [-0.1, -0.05) is 54.1 Å². The summed E-state index contributed by atoms with van der Waals surface area (Å²) in [5.74, 6) is -2.07. The molecule has 0 aliphatic rings. The lowest BCUT2D eigenvalue weighted by atomic mass is 9.96. The van der Waals surface area contributed by atoms with Gasteiger partial charge in [0.2, 0.25) is 0 Å². The SMILES string of the molecule is OC(c1cc(F)c(F)cc1Cl)c1cccc2ccccc12. The summed E-state index contributed by atoms with van der Waals surface area (Å²) < 4.78 is 26.5. The van der Waals surface area contributed by atoms with Crippen molar-refractivity contribution >= 4 is 22.4 Å². The lowest BCUT2D eigenvalue weighted by molar-refractivity contribution is 0.221. The van der Waals surface area contributed by atoms with Crippen molar-refractivity contribution in [1.82, 2.24) is 0 Å². The van der Waals surface area contributed by atoms with E-state index in [1.807, 2.05) is 30.3 Å². The maximum atomic E-state index is 13.4. The Morgan fingerprint density at radius 2 is 1.52 bits per heavy atom. The number of rotatable bonds is 2. The Morgan fingerprint density at radius 3 is 2.33 bits per heavy atom. The largest absolute Gasteiger partial charge is 0.384 e. The van der Waals surface area contributed by atoms with Crippen molar-refractivity contribution in [2.45, 2.75) is 6.10 Å². The predicted molar refractivity (Wildman–Crippen MR) is 79.4 cm³/mol. The molecule has 3 aromatic rings. The van der Waals surface area contributed by atoms with Crippen LogP contribution in [0.25, 0.3) is 10.8 Å². The summed E-state index contributed by atoms with van der Waals surface area (Å²) in [6.45, 7) is 0. The number of aliphatic hydroxyl groups is 1. The van der Waals surface area contributed by atoms with Gasteiger partial charge in [-0.25, -0.2) is 8.78 Å². The van der Waals surface area contributed by atoms with Crippen LogP contribution >= 0.6 is 11.6 Å². The zero-order valence-corrected chi connectivity index (χ0v) is 11.6. The van der Waals surface area contributed by atoms with Crippen LogP contribution in [0.2, 0.25) is 5.02 Å². The summed E-state index contributed by atoms with van der Waals surface area (Å²) in [6, 6.07) is 14.8. The van der Waals surface area contributed by atoms with Gasteiger partial charge in [0.1, 0.15) is 6.10 Å². The molecule has 0 fully saturated rings. The van der Waals surface area contributed by atoms with Gasteiger partial charge in [-0.15, -0.1) is 0 Å². The van der Waals surface area contributed by atoms with Crippen molar-refractivity contribution in [1.29, 1.82) is 0 Å². The molecular formula is C17H11ClF2O. The van der Waals surface area contributed by atoms with E-state index in [-0.39, 0.29) is 10.6 Å². The van der Waals surface area contributed by atoms with Gasteiger partial charge in [0.15, 0.2) is 11.6 Å². The molecule has 21 heavy (non-hydrogen) atoms. The molecule has 0 spiro atoms. The highest BCUT2D eigenvalue weighted by molar-refractivity contribution is 6.31. The molecule has 1 nitrogen and oxygen atoms in total. The number of hydrogen-bond acceptors (Lipinski definition) is 1. The van der Waals surface area contributed by atoms with Crippen LogP contribution in [0.1, 0.15) is 17.2 Å². The number of aliphatic hydroxyl groups excluding tert-OH is 1. The van der Waals surface area contributed by atoms with Gasteiger partial charge < -0.3 is 5.11 Å². The molecule has 4 heteroatoms. The minimum absolute atomic E-state index is 0.00525. The molecule has 0 heterocycles. The average molecular weight is 305 g/mol. The molecule has 106 valence electrons. The highest BCUT2D eigenvalue weighted by Crippen LogP contribution is 2.33. The number of halogens is 3. The second kappa shape index (κ2) is 5.43. The highest BCUT2D eigenvalue weighted by Gasteiger charge is 2.19. The van der Waals surface area contributed by atoms with E-state index in [0.29, 0.717) is 5.56 Å². The minimum Gasteiger partial charge on any atom is -0.384 e. The van der Waals surface area contributed by atoms with Crippen molar-refractivity contribution in [3.05, 3.63) is 82.4 Å². The Kier molecular flexibility index (Phi) is 3.62. The Bertz CT molecular complexity index is 812. The van der Waals surface area contributed by atoms with Gasteiger partial charge in [0, 0.05) is 10.6 Å². The molecule has 1 atom stereocenters. The Hall–Kier alpha value is -1.97. The fourth-order valence-corrected chi connectivity index (χ4v) is 2.66. The first-order valence-electron chi connectivity index (χ1n) is 6.38. The average Bonchev–Trinajstić information content (AvgIpc) is 2.49. The zero-order chi connectivity index (χ0) is 15.0. The molecule has 1 unspecified atom stereocenters. The van der Waals surface area contributed by atoms with E-state index in [1.54, 1.807) is 12.1 Å². The third-order valence-electron chi connectivity index (χ3n) is 3.45. The molecule has 0 aliphatic carbocycles. The van der Waals surface area contributed by atoms with E-state index >= 15 is 0 Å². The first kappa shape index (κ1) is 14.0. The van der Waals surface area contributed by atoms with Crippen LogP contribution in [-0.2, 0) is 0 Å². The smallest absolute Gasteiger partial charge is 0.160 e. The van der Waals surface area contributed by atoms with E-state index in [2.05, 4.69) is 0 Å². The van der Waals surface area contributed by atoms with Gasteiger partial charge in [-0.05, 0) is 28.5 Å². The second-order valence-electron chi connectivity index (χ2n) is 4.76. The van der Waals surface area contributed by atoms with Crippen LogP contribution in [0.4, 0.5) is 8.78 Å². The maximum absolute atomic E-state index is 13.4. The number of hydrogen-bond donors (Lipinski definition) is 1. The minimum atomic E-state index is -1.13. The van der Waals surface area contributed by atoms with E-state index in [1.165, 1.54) is 0 Å². The van der Waals surface area contributed by atoms with Crippen LogP contribution in [0.3, 0.4) is 0 Å². The Balaban J connectivity index is 2.17. The van der Waals surface area contributed by atoms with Crippen molar-refractivity contribution in [3.63, 3.8) is 0 Å². The van der Waals surface area contributed by atoms with E-state index in [4.69, 9.17) is 11.6 Å². The molecule has 0 aromatic heterocycles. The molecule has 0 radical (unpaired) electrons. The first-order valence-corrected chi connectivity index (χ1v) is 6.76. The van der Waals surface area contributed by atoms with E-state index < -0.39 is 17.7 Å². The molecule has 0 aliphatic heterocycles. The van der Waals surface area contributed by atoms with Crippen LogP contribution in [0.15, 0.2) is 54.6 Å². The summed E-state index contributed by atoms with van der Waals surface area (Å²) in [7, 11) is 0. The standard InChI is InChI=1S/C17H11ClF2O/c18-14-9-16(20)15(19)8-13(14)17(21)12-7-3-5-10-4-1-2-6-11(10)12/h1-9,17,21H. The molecule has 1 N–H and O–H groups in total. The fourth-order valence-electron chi connectivity index (χ4n) is 2.40. The normalized spacial score (nSPS) is 12.6. The highest BCUT2D eigenvalue weighted by atomic mass is 35.5. The monoisotopic (exact) mass is 304 g/mol. The summed E-state index contributed by atoms with van der Waals surface area (Å²) in [5, 5.41) is 12.3. The summed E-state index contributed by atoms with van der Waals surface area (Å²) in [4.78, 5) is 0. The molecular weight excluding hydrogens is 294 g/mol. The van der Waals surface area contributed by atoms with Crippen LogP contribution in [-0.4, -0.2) is 5.11 Å². The zero-order valence-electron chi connectivity index (χ0n) is 10.9. The summed E-state index contributed by atoms with van der Waals surface area (Å²) >= 11 is 5.93. The topological polar surface area (TPSA) is 20.2 Å². The Labute approximate surface area is 125 Å². The van der Waals surface area contributed by atoms with E-state index in [9.17, 15) is 13.9 Å². The molecule has 3 aromatic carbocycles. The molecule has 0 bridgehead atoms. The predicted octanol–water partition coefficient (Wildman–Crippen LogP) is 4.85. The molecule has 3 rings (SSSR count).